The molecular weight excluding hydrogens is 434 g/mol. The van der Waals surface area contributed by atoms with Gasteiger partial charge in [0.1, 0.15) is 0 Å². The molecule has 3 nitrogen and oxygen atoms in total. The molecule has 0 fully saturated rings. The topological polar surface area (TPSA) is 48.7 Å². The highest BCUT2D eigenvalue weighted by Crippen LogP contribution is 2.31. The minimum absolute atomic E-state index is 0.245. The van der Waals surface area contributed by atoms with Crippen LogP contribution in [0.25, 0.3) is 11.3 Å². The number of nitrogens with zero attached hydrogens (tertiary/aromatic N) is 2. The number of pyridine rings is 1. The molecule has 0 saturated carbocycles. The second-order valence-electron chi connectivity index (χ2n) is 6.66. The number of nitrogens with one attached hydrogen (secondary N) is 1. The first-order chi connectivity index (χ1) is 14.2. The van der Waals surface area contributed by atoms with Crippen molar-refractivity contribution in [1.82, 2.24) is 10.3 Å². The molecule has 0 spiro atoms. The van der Waals surface area contributed by atoms with Crippen molar-refractivity contribution < 1.29 is 13.2 Å². The zero-order valence-corrected chi connectivity index (χ0v) is 17.1. The summed E-state index contributed by atoms with van der Waals surface area (Å²) >= 11 is 12.2. The first kappa shape index (κ1) is 22.1. The number of nitriles is 1. The minimum atomic E-state index is -4.36. The predicted octanol–water partition coefficient (Wildman–Crippen LogP) is 6.36. The largest absolute Gasteiger partial charge is 0.401 e. The quantitative estimate of drug-likeness (QED) is 0.475. The van der Waals surface area contributed by atoms with Crippen LogP contribution in [-0.2, 0) is 6.42 Å². The van der Waals surface area contributed by atoms with Gasteiger partial charge in [0.2, 0.25) is 0 Å². The average molecular weight is 450 g/mol. The van der Waals surface area contributed by atoms with Crippen LogP contribution >= 0.6 is 23.2 Å². The maximum Gasteiger partial charge on any atom is 0.401 e. The molecule has 3 aromatic rings. The highest BCUT2D eigenvalue weighted by Gasteiger charge is 2.29. The lowest BCUT2D eigenvalue weighted by Crippen LogP contribution is -2.33. The maximum atomic E-state index is 12.9. The third-order valence-corrected chi connectivity index (χ3v) is 4.88. The van der Waals surface area contributed by atoms with Crippen LogP contribution in [0.3, 0.4) is 0 Å². The van der Waals surface area contributed by atoms with Gasteiger partial charge < -0.3 is 5.32 Å². The molecule has 154 valence electrons. The highest BCUT2D eigenvalue weighted by atomic mass is 35.5. The number of hydrogen-bond acceptors (Lipinski definition) is 3. The van der Waals surface area contributed by atoms with Gasteiger partial charge in [0, 0.05) is 27.8 Å². The van der Waals surface area contributed by atoms with Crippen LogP contribution in [0.5, 0.6) is 0 Å². The number of halogens is 5. The van der Waals surface area contributed by atoms with Crippen molar-refractivity contribution in [3.8, 4) is 17.3 Å². The van der Waals surface area contributed by atoms with Crippen LogP contribution in [0.15, 0.2) is 60.8 Å². The number of alkyl halides is 3. The van der Waals surface area contributed by atoms with Gasteiger partial charge in [-0.25, -0.2) is 0 Å². The second-order valence-corrected chi connectivity index (χ2v) is 7.53. The van der Waals surface area contributed by atoms with Gasteiger partial charge in [0.15, 0.2) is 0 Å². The monoisotopic (exact) mass is 449 g/mol. The molecule has 0 aliphatic heterocycles. The van der Waals surface area contributed by atoms with Crippen molar-refractivity contribution >= 4 is 23.2 Å². The van der Waals surface area contributed by atoms with Crippen LogP contribution in [0.2, 0.25) is 10.0 Å². The van der Waals surface area contributed by atoms with Crippen molar-refractivity contribution in [2.75, 3.05) is 6.54 Å². The molecule has 2 aromatic carbocycles. The lowest BCUT2D eigenvalue weighted by Gasteiger charge is -2.22. The van der Waals surface area contributed by atoms with E-state index in [4.69, 9.17) is 28.5 Å². The first-order valence-corrected chi connectivity index (χ1v) is 9.71. The van der Waals surface area contributed by atoms with E-state index in [1.807, 2.05) is 12.1 Å². The van der Waals surface area contributed by atoms with Crippen molar-refractivity contribution in [2.45, 2.75) is 18.6 Å². The molecule has 1 heterocycles. The lowest BCUT2D eigenvalue weighted by atomic mass is 9.95. The molecule has 0 radical (unpaired) electrons. The van der Waals surface area contributed by atoms with Crippen molar-refractivity contribution in [2.24, 2.45) is 0 Å². The normalized spacial score (nSPS) is 12.4. The molecule has 1 unspecified atom stereocenters. The molecule has 0 amide bonds. The molecule has 0 aliphatic rings. The Labute approximate surface area is 182 Å². The van der Waals surface area contributed by atoms with E-state index in [0.717, 1.165) is 5.56 Å². The van der Waals surface area contributed by atoms with Crippen molar-refractivity contribution in [1.29, 1.82) is 5.26 Å². The Morgan fingerprint density at radius 1 is 1.03 bits per heavy atom. The summed E-state index contributed by atoms with van der Waals surface area (Å²) in [5.41, 5.74) is 3.08. The summed E-state index contributed by atoms with van der Waals surface area (Å²) in [6.45, 7) is -1.14. The van der Waals surface area contributed by atoms with Gasteiger partial charge in [-0.05, 0) is 53.9 Å². The van der Waals surface area contributed by atoms with Crippen LogP contribution in [-0.4, -0.2) is 17.7 Å². The van der Waals surface area contributed by atoms with Crippen LogP contribution in [0.4, 0.5) is 13.2 Å². The van der Waals surface area contributed by atoms with E-state index in [1.165, 1.54) is 0 Å². The van der Waals surface area contributed by atoms with Gasteiger partial charge in [-0.3, -0.25) is 4.98 Å². The molecule has 1 N–H and O–H groups in total. The van der Waals surface area contributed by atoms with Crippen LogP contribution in [0, 0.1) is 11.3 Å². The molecule has 0 saturated heterocycles. The summed E-state index contributed by atoms with van der Waals surface area (Å²) in [5, 5.41) is 12.4. The van der Waals surface area contributed by atoms with E-state index >= 15 is 0 Å². The van der Waals surface area contributed by atoms with Crippen LogP contribution < -0.4 is 5.32 Å². The van der Waals surface area contributed by atoms with E-state index in [-0.39, 0.29) is 6.42 Å². The van der Waals surface area contributed by atoms with Gasteiger partial charge in [-0.2, -0.15) is 18.4 Å². The van der Waals surface area contributed by atoms with E-state index in [2.05, 4.69) is 10.3 Å². The first-order valence-electron chi connectivity index (χ1n) is 8.96. The molecule has 30 heavy (non-hydrogen) atoms. The fraction of sp³-hybridized carbons (Fsp3) is 0.182. The number of benzene rings is 2. The Morgan fingerprint density at radius 3 is 2.30 bits per heavy atom. The van der Waals surface area contributed by atoms with Gasteiger partial charge in [-0.15, -0.1) is 0 Å². The average Bonchev–Trinajstić information content (AvgIpc) is 2.70. The van der Waals surface area contributed by atoms with E-state index in [9.17, 15) is 13.2 Å². The van der Waals surface area contributed by atoms with Gasteiger partial charge in [0.05, 0.1) is 23.9 Å². The maximum absolute atomic E-state index is 12.9. The van der Waals surface area contributed by atoms with Crippen molar-refractivity contribution in [3.05, 3.63) is 87.5 Å². The van der Waals surface area contributed by atoms with E-state index in [1.54, 1.807) is 54.7 Å². The van der Waals surface area contributed by atoms with E-state index < -0.39 is 18.8 Å². The molecule has 8 heteroatoms. The number of aromatic nitrogens is 1. The van der Waals surface area contributed by atoms with Gasteiger partial charge in [0.25, 0.3) is 0 Å². The summed E-state index contributed by atoms with van der Waals surface area (Å²) in [6, 6.07) is 16.4. The Kier molecular flexibility index (Phi) is 6.99. The Bertz CT molecular complexity index is 1040. The molecule has 3 rings (SSSR count). The van der Waals surface area contributed by atoms with Gasteiger partial charge >= 0.3 is 6.18 Å². The third-order valence-electron chi connectivity index (χ3n) is 4.44. The second kappa shape index (κ2) is 9.48. The predicted molar refractivity (Wildman–Crippen MR) is 111 cm³/mol. The lowest BCUT2D eigenvalue weighted by molar-refractivity contribution is -0.126. The standard InChI is InChI=1S/C22H16Cl2F3N3/c23-18-8-17(9-19(24)11-18)21-16(2-1-7-29-21)10-20(30-13-22(25,26)27)15-5-3-14(12-28)4-6-15/h1-9,11,20,30H,10,13H2. The van der Waals surface area contributed by atoms with Crippen molar-refractivity contribution in [3.63, 3.8) is 0 Å². The van der Waals surface area contributed by atoms with Crippen LogP contribution in [0.1, 0.15) is 22.7 Å². The van der Waals surface area contributed by atoms with E-state index in [0.29, 0.717) is 32.4 Å². The fourth-order valence-electron chi connectivity index (χ4n) is 3.11. The molecule has 1 aromatic heterocycles. The summed E-state index contributed by atoms with van der Waals surface area (Å²) in [7, 11) is 0. The Balaban J connectivity index is 1.97. The summed E-state index contributed by atoms with van der Waals surface area (Å²) in [4.78, 5) is 4.40. The zero-order valence-electron chi connectivity index (χ0n) is 15.5. The Morgan fingerprint density at radius 2 is 1.70 bits per heavy atom. The minimum Gasteiger partial charge on any atom is -0.301 e. The smallest absolute Gasteiger partial charge is 0.301 e. The summed E-state index contributed by atoms with van der Waals surface area (Å²) < 4.78 is 38.6. The molecule has 0 bridgehead atoms. The number of rotatable bonds is 6. The third kappa shape index (κ3) is 5.96. The van der Waals surface area contributed by atoms with Gasteiger partial charge in [-0.1, -0.05) is 41.4 Å². The molecule has 1 atom stereocenters. The zero-order chi connectivity index (χ0) is 21.7. The fourth-order valence-corrected chi connectivity index (χ4v) is 3.64. The summed E-state index contributed by atoms with van der Waals surface area (Å²) in [6.07, 6.45) is -2.51. The summed E-state index contributed by atoms with van der Waals surface area (Å²) in [5.74, 6) is 0. The number of hydrogen-bond donors (Lipinski definition) is 1. The molecule has 0 aliphatic carbocycles. The highest BCUT2D eigenvalue weighted by molar-refractivity contribution is 6.35. The molecular formula is C22H16Cl2F3N3. The Hall–Kier alpha value is -2.59. The SMILES string of the molecule is N#Cc1ccc(C(Cc2cccnc2-c2cc(Cl)cc(Cl)c2)NCC(F)(F)F)cc1.